The molecule has 0 aliphatic carbocycles. The SMILES string of the molecule is CCOC(=O)c1c(-c2ccccc2)csc1NC(=O)/C=C/C1=Cc2ccccc2OC1. The van der Waals surface area contributed by atoms with Crippen LogP contribution in [0.3, 0.4) is 0 Å². The van der Waals surface area contributed by atoms with E-state index in [0.717, 1.165) is 28.0 Å². The lowest BCUT2D eigenvalue weighted by Gasteiger charge is -2.15. The first-order valence-electron chi connectivity index (χ1n) is 9.91. The highest BCUT2D eigenvalue weighted by molar-refractivity contribution is 7.15. The Hall–Kier alpha value is -3.64. The minimum absolute atomic E-state index is 0.256. The van der Waals surface area contributed by atoms with Crippen LogP contribution in [0.2, 0.25) is 0 Å². The molecule has 0 saturated heterocycles. The van der Waals surface area contributed by atoms with Gasteiger partial charge in [-0.1, -0.05) is 54.6 Å². The zero-order chi connectivity index (χ0) is 21.6. The molecule has 31 heavy (non-hydrogen) atoms. The molecule has 0 saturated carbocycles. The largest absolute Gasteiger partial charge is 0.488 e. The molecule has 1 aromatic heterocycles. The number of rotatable bonds is 6. The summed E-state index contributed by atoms with van der Waals surface area (Å²) in [6.07, 6.45) is 5.16. The topological polar surface area (TPSA) is 64.6 Å². The fourth-order valence-corrected chi connectivity index (χ4v) is 4.21. The Labute approximate surface area is 184 Å². The highest BCUT2D eigenvalue weighted by atomic mass is 32.1. The maximum absolute atomic E-state index is 12.6. The van der Waals surface area contributed by atoms with Crippen molar-refractivity contribution < 1.29 is 19.1 Å². The molecule has 1 amide bonds. The number of thiophene rings is 1. The molecule has 2 heterocycles. The minimum Gasteiger partial charge on any atom is -0.488 e. The normalized spacial score (nSPS) is 12.6. The van der Waals surface area contributed by atoms with Crippen LogP contribution in [0.1, 0.15) is 22.8 Å². The van der Waals surface area contributed by atoms with Gasteiger partial charge in [0.15, 0.2) is 0 Å². The van der Waals surface area contributed by atoms with Crippen molar-refractivity contribution in [2.45, 2.75) is 6.92 Å². The number of carbonyl (C=O) groups excluding carboxylic acids is 2. The third-order valence-electron chi connectivity index (χ3n) is 4.70. The second-order valence-corrected chi connectivity index (χ2v) is 7.69. The Bertz CT molecular complexity index is 1160. The standard InChI is InChI=1S/C25H21NO4S/c1-2-29-25(28)23-20(18-8-4-3-5-9-18)16-31-24(23)26-22(27)13-12-17-14-19-10-6-7-11-21(19)30-15-17/h3-14,16H,2,15H2,1H3,(H,26,27)/b13-12+. The third kappa shape index (κ3) is 4.75. The number of anilines is 1. The monoisotopic (exact) mass is 431 g/mol. The van der Waals surface area contributed by atoms with Gasteiger partial charge in [0.25, 0.3) is 0 Å². The number of carbonyl (C=O) groups is 2. The van der Waals surface area contributed by atoms with Gasteiger partial charge in [0.05, 0.1) is 6.61 Å². The van der Waals surface area contributed by atoms with Gasteiger partial charge in [-0.2, -0.15) is 0 Å². The Balaban J connectivity index is 1.54. The Morgan fingerprint density at radius 2 is 1.90 bits per heavy atom. The summed E-state index contributed by atoms with van der Waals surface area (Å²) in [5.74, 6) is 0.0452. The van der Waals surface area contributed by atoms with E-state index in [9.17, 15) is 9.59 Å². The summed E-state index contributed by atoms with van der Waals surface area (Å²) in [7, 11) is 0. The summed E-state index contributed by atoms with van der Waals surface area (Å²) in [5, 5.41) is 5.14. The van der Waals surface area contributed by atoms with E-state index in [2.05, 4.69) is 5.32 Å². The van der Waals surface area contributed by atoms with Crippen molar-refractivity contribution in [3.8, 4) is 16.9 Å². The maximum atomic E-state index is 12.6. The number of ether oxygens (including phenoxy) is 2. The molecule has 0 radical (unpaired) electrons. The Kier molecular flexibility index (Phi) is 6.29. The highest BCUT2D eigenvalue weighted by Gasteiger charge is 2.22. The number of hydrogen-bond acceptors (Lipinski definition) is 5. The van der Waals surface area contributed by atoms with E-state index in [1.54, 1.807) is 13.0 Å². The molecule has 2 aromatic carbocycles. The van der Waals surface area contributed by atoms with E-state index in [0.29, 0.717) is 17.2 Å². The number of amides is 1. The van der Waals surface area contributed by atoms with E-state index >= 15 is 0 Å². The number of para-hydroxylation sites is 1. The van der Waals surface area contributed by atoms with Gasteiger partial charge in [-0.3, -0.25) is 4.79 Å². The first-order valence-corrected chi connectivity index (χ1v) is 10.8. The molecule has 0 bridgehead atoms. The molecule has 1 N–H and O–H groups in total. The zero-order valence-electron chi connectivity index (χ0n) is 17.0. The summed E-state index contributed by atoms with van der Waals surface area (Å²) in [6.45, 7) is 2.41. The van der Waals surface area contributed by atoms with Gasteiger partial charge in [0, 0.05) is 22.6 Å². The van der Waals surface area contributed by atoms with Crippen LogP contribution in [0.25, 0.3) is 17.2 Å². The predicted octanol–water partition coefficient (Wildman–Crippen LogP) is 5.56. The minimum atomic E-state index is -0.457. The van der Waals surface area contributed by atoms with Gasteiger partial charge in [0.1, 0.15) is 22.9 Å². The lowest BCUT2D eigenvalue weighted by Crippen LogP contribution is -2.13. The molecule has 1 aliphatic rings. The molecule has 0 fully saturated rings. The first kappa shape index (κ1) is 20.6. The molecule has 1 aliphatic heterocycles. The van der Waals surface area contributed by atoms with Gasteiger partial charge >= 0.3 is 5.97 Å². The van der Waals surface area contributed by atoms with Crippen molar-refractivity contribution in [1.29, 1.82) is 0 Å². The number of fused-ring (bicyclic) bond motifs is 1. The van der Waals surface area contributed by atoms with Crippen LogP contribution in [-0.2, 0) is 9.53 Å². The van der Waals surface area contributed by atoms with Gasteiger partial charge < -0.3 is 14.8 Å². The van der Waals surface area contributed by atoms with Crippen LogP contribution in [0.5, 0.6) is 5.75 Å². The quantitative estimate of drug-likeness (QED) is 0.410. The van der Waals surface area contributed by atoms with E-state index in [-0.39, 0.29) is 12.5 Å². The van der Waals surface area contributed by atoms with Crippen LogP contribution in [0.4, 0.5) is 5.00 Å². The molecule has 0 atom stereocenters. The van der Waals surface area contributed by atoms with Gasteiger partial charge in [-0.05, 0) is 30.2 Å². The lowest BCUT2D eigenvalue weighted by atomic mass is 10.0. The van der Waals surface area contributed by atoms with Crippen molar-refractivity contribution in [1.82, 2.24) is 0 Å². The third-order valence-corrected chi connectivity index (χ3v) is 5.59. The van der Waals surface area contributed by atoms with Crippen LogP contribution < -0.4 is 10.1 Å². The number of benzene rings is 2. The molecule has 5 nitrogen and oxygen atoms in total. The van der Waals surface area contributed by atoms with Crippen molar-refractivity contribution in [2.75, 3.05) is 18.5 Å². The molecule has 3 aromatic rings. The van der Waals surface area contributed by atoms with Crippen LogP contribution in [0, 0.1) is 0 Å². The molecule has 6 heteroatoms. The molecular formula is C25H21NO4S. The number of nitrogens with one attached hydrogen (secondary N) is 1. The van der Waals surface area contributed by atoms with E-state index in [4.69, 9.17) is 9.47 Å². The van der Waals surface area contributed by atoms with Gasteiger partial charge in [-0.15, -0.1) is 11.3 Å². The van der Waals surface area contributed by atoms with Crippen molar-refractivity contribution >= 4 is 34.3 Å². The lowest BCUT2D eigenvalue weighted by molar-refractivity contribution is -0.111. The van der Waals surface area contributed by atoms with E-state index in [1.165, 1.54) is 17.4 Å². The second-order valence-electron chi connectivity index (χ2n) is 6.81. The van der Waals surface area contributed by atoms with Gasteiger partial charge in [0.2, 0.25) is 5.91 Å². The zero-order valence-corrected chi connectivity index (χ0v) is 17.8. The van der Waals surface area contributed by atoms with Crippen molar-refractivity contribution in [3.63, 3.8) is 0 Å². The Morgan fingerprint density at radius 1 is 1.13 bits per heavy atom. The fourth-order valence-electron chi connectivity index (χ4n) is 3.25. The number of esters is 1. The summed E-state index contributed by atoms with van der Waals surface area (Å²) < 4.78 is 10.9. The summed E-state index contributed by atoms with van der Waals surface area (Å²) in [6, 6.07) is 17.3. The average Bonchev–Trinajstić information content (AvgIpc) is 3.22. The molecule has 156 valence electrons. The van der Waals surface area contributed by atoms with Gasteiger partial charge in [-0.25, -0.2) is 4.79 Å². The summed E-state index contributed by atoms with van der Waals surface area (Å²) >= 11 is 1.30. The first-order chi connectivity index (χ1) is 15.2. The number of hydrogen-bond donors (Lipinski definition) is 1. The summed E-state index contributed by atoms with van der Waals surface area (Å²) in [5.41, 5.74) is 3.86. The maximum Gasteiger partial charge on any atom is 0.341 e. The fraction of sp³-hybridized carbons (Fsp3) is 0.120. The molecule has 0 spiro atoms. The predicted molar refractivity (Wildman–Crippen MR) is 123 cm³/mol. The van der Waals surface area contributed by atoms with Crippen molar-refractivity contribution in [3.05, 3.63) is 88.8 Å². The summed E-state index contributed by atoms with van der Waals surface area (Å²) in [4.78, 5) is 25.2. The Morgan fingerprint density at radius 3 is 2.71 bits per heavy atom. The average molecular weight is 432 g/mol. The van der Waals surface area contributed by atoms with E-state index < -0.39 is 5.97 Å². The van der Waals surface area contributed by atoms with Crippen LogP contribution in [-0.4, -0.2) is 25.1 Å². The molecule has 4 rings (SSSR count). The van der Waals surface area contributed by atoms with Crippen LogP contribution in [0.15, 0.2) is 77.7 Å². The van der Waals surface area contributed by atoms with Crippen molar-refractivity contribution in [2.24, 2.45) is 0 Å². The molecule has 0 unspecified atom stereocenters. The molecular weight excluding hydrogens is 410 g/mol. The second kappa shape index (κ2) is 9.45. The van der Waals surface area contributed by atoms with E-state index in [1.807, 2.05) is 66.1 Å². The highest BCUT2D eigenvalue weighted by Crippen LogP contribution is 2.36. The van der Waals surface area contributed by atoms with Crippen LogP contribution >= 0.6 is 11.3 Å². The smallest absolute Gasteiger partial charge is 0.341 e.